The second-order valence-electron chi connectivity index (χ2n) is 8.05. The Bertz CT molecular complexity index is 1140. The molecule has 10 heteroatoms. The van der Waals surface area contributed by atoms with Gasteiger partial charge in [0.25, 0.3) is 5.91 Å². The van der Waals surface area contributed by atoms with Gasteiger partial charge in [0.2, 0.25) is 15.9 Å². The number of nitrogens with zero attached hydrogens (tertiary/aromatic N) is 2. The number of hydrogen-bond acceptors (Lipinski definition) is 6. The maximum Gasteiger partial charge on any atom is 0.254 e. The number of hydrogen-bond donors (Lipinski definition) is 2. The Morgan fingerprint density at radius 1 is 1.09 bits per heavy atom. The number of aryl methyl sites for hydroxylation is 1. The Morgan fingerprint density at radius 2 is 1.79 bits per heavy atom. The van der Waals surface area contributed by atoms with Crippen LogP contribution in [0.4, 0.5) is 11.4 Å². The minimum atomic E-state index is -3.62. The van der Waals surface area contributed by atoms with E-state index in [4.69, 9.17) is 0 Å². The number of amides is 2. The molecule has 0 saturated carbocycles. The highest BCUT2D eigenvalue weighted by atomic mass is 32.2. The van der Waals surface area contributed by atoms with Gasteiger partial charge in [-0.2, -0.15) is 11.8 Å². The highest BCUT2D eigenvalue weighted by molar-refractivity contribution is 7.99. The van der Waals surface area contributed by atoms with Crippen LogP contribution in [0.25, 0.3) is 0 Å². The number of sulfonamides is 1. The topological polar surface area (TPSA) is 98.8 Å². The number of carbonyl (C=O) groups excluding carboxylic acids is 2. The molecule has 1 saturated heterocycles. The van der Waals surface area contributed by atoms with Crippen LogP contribution in [-0.4, -0.2) is 74.7 Å². The lowest BCUT2D eigenvalue weighted by molar-refractivity contribution is -0.114. The minimum absolute atomic E-state index is 0.00943. The summed E-state index contributed by atoms with van der Waals surface area (Å²) < 4.78 is 26.2. The molecular weight excluding hydrogens is 460 g/mol. The molecule has 33 heavy (non-hydrogen) atoms. The number of nitrogens with one attached hydrogen (secondary N) is 2. The van der Waals surface area contributed by atoms with E-state index in [2.05, 4.69) is 10.6 Å². The lowest BCUT2D eigenvalue weighted by Gasteiger charge is -2.27. The van der Waals surface area contributed by atoms with Crippen molar-refractivity contribution in [2.24, 2.45) is 0 Å². The first-order valence-corrected chi connectivity index (χ1v) is 13.2. The van der Waals surface area contributed by atoms with Crippen LogP contribution in [0, 0.1) is 13.8 Å². The fourth-order valence-corrected chi connectivity index (χ4v) is 5.58. The van der Waals surface area contributed by atoms with Gasteiger partial charge in [-0.1, -0.05) is 12.1 Å². The van der Waals surface area contributed by atoms with Gasteiger partial charge in [-0.15, -0.1) is 0 Å². The van der Waals surface area contributed by atoms with Crippen molar-refractivity contribution in [1.82, 2.24) is 9.21 Å². The second kappa shape index (κ2) is 10.6. The first-order chi connectivity index (χ1) is 15.6. The van der Waals surface area contributed by atoms with Crippen LogP contribution in [0.5, 0.6) is 0 Å². The van der Waals surface area contributed by atoms with Crippen LogP contribution < -0.4 is 10.6 Å². The molecule has 0 atom stereocenters. The first kappa shape index (κ1) is 25.1. The van der Waals surface area contributed by atoms with Crippen LogP contribution in [0.3, 0.4) is 0 Å². The summed E-state index contributed by atoms with van der Waals surface area (Å²) in [6.07, 6.45) is 0. The molecule has 2 aromatic rings. The van der Waals surface area contributed by atoms with Gasteiger partial charge in [0.05, 0.1) is 11.4 Å². The average molecular weight is 491 g/mol. The maximum atomic E-state index is 12.9. The third kappa shape index (κ3) is 5.87. The number of anilines is 2. The van der Waals surface area contributed by atoms with E-state index in [-0.39, 0.29) is 23.3 Å². The van der Waals surface area contributed by atoms with E-state index in [1.807, 2.05) is 35.7 Å². The zero-order valence-electron chi connectivity index (χ0n) is 19.3. The van der Waals surface area contributed by atoms with Crippen LogP contribution in [0.1, 0.15) is 21.5 Å². The molecule has 0 aromatic heterocycles. The van der Waals surface area contributed by atoms with E-state index in [0.717, 1.165) is 34.5 Å². The highest BCUT2D eigenvalue weighted by Crippen LogP contribution is 2.24. The van der Waals surface area contributed by atoms with Crippen LogP contribution in [0.15, 0.2) is 41.3 Å². The highest BCUT2D eigenvalue weighted by Gasteiger charge is 2.22. The van der Waals surface area contributed by atoms with Crippen molar-refractivity contribution in [1.29, 1.82) is 0 Å². The number of thioether (sulfide) groups is 1. The molecule has 1 aliphatic rings. The van der Waals surface area contributed by atoms with Gasteiger partial charge < -0.3 is 15.5 Å². The SMILES string of the molecule is Cc1ccc(NC(=O)CNc2cccc(C(=O)N3CCSCC3)c2C)cc1S(=O)(=O)N(C)C. The number of rotatable bonds is 7. The molecule has 2 amide bonds. The quantitative estimate of drug-likeness (QED) is 0.619. The Labute approximate surface area is 199 Å². The van der Waals surface area contributed by atoms with E-state index in [1.165, 1.54) is 20.2 Å². The zero-order chi connectivity index (χ0) is 24.2. The summed E-state index contributed by atoms with van der Waals surface area (Å²) >= 11 is 1.85. The van der Waals surface area contributed by atoms with E-state index in [0.29, 0.717) is 22.5 Å². The molecule has 0 aliphatic carbocycles. The molecule has 1 aliphatic heterocycles. The minimum Gasteiger partial charge on any atom is -0.376 e. The van der Waals surface area contributed by atoms with Crippen molar-refractivity contribution in [2.45, 2.75) is 18.7 Å². The lowest BCUT2D eigenvalue weighted by atomic mass is 10.1. The molecule has 178 valence electrons. The molecular formula is C23H30N4O4S2. The lowest BCUT2D eigenvalue weighted by Crippen LogP contribution is -2.38. The van der Waals surface area contributed by atoms with Crippen LogP contribution in [-0.2, 0) is 14.8 Å². The predicted molar refractivity (Wildman–Crippen MR) is 134 cm³/mol. The first-order valence-electron chi connectivity index (χ1n) is 10.6. The largest absolute Gasteiger partial charge is 0.376 e. The summed E-state index contributed by atoms with van der Waals surface area (Å²) in [5.41, 5.74) is 3.13. The fraction of sp³-hybridized carbons (Fsp3) is 0.391. The zero-order valence-corrected chi connectivity index (χ0v) is 21.0. The third-order valence-electron chi connectivity index (χ3n) is 5.53. The molecule has 0 radical (unpaired) electrons. The van der Waals surface area contributed by atoms with Gasteiger partial charge in [0.15, 0.2) is 0 Å². The number of benzene rings is 2. The Morgan fingerprint density at radius 3 is 2.45 bits per heavy atom. The standard InChI is InChI=1S/C23H30N4O4S2/c1-16-8-9-18(14-21(16)33(30,31)26(3)4)25-22(28)15-24-20-7-5-6-19(17(20)2)23(29)27-10-12-32-13-11-27/h5-9,14,24H,10-13,15H2,1-4H3,(H,25,28). The van der Waals surface area contributed by atoms with Crippen molar-refractivity contribution >= 4 is 45.0 Å². The molecule has 1 heterocycles. The molecule has 0 spiro atoms. The van der Waals surface area contributed by atoms with Gasteiger partial charge in [0.1, 0.15) is 0 Å². The van der Waals surface area contributed by atoms with Crippen LogP contribution in [0.2, 0.25) is 0 Å². The smallest absolute Gasteiger partial charge is 0.254 e. The summed E-state index contributed by atoms with van der Waals surface area (Å²) in [4.78, 5) is 27.4. The van der Waals surface area contributed by atoms with E-state index in [9.17, 15) is 18.0 Å². The van der Waals surface area contributed by atoms with Gasteiger partial charge in [-0.05, 0) is 49.2 Å². The van der Waals surface area contributed by atoms with Crippen molar-refractivity contribution in [2.75, 3.05) is 55.9 Å². The molecule has 2 N–H and O–H groups in total. The van der Waals surface area contributed by atoms with Gasteiger partial charge in [-0.25, -0.2) is 12.7 Å². The van der Waals surface area contributed by atoms with Crippen molar-refractivity contribution in [3.63, 3.8) is 0 Å². The molecule has 0 unspecified atom stereocenters. The Balaban J connectivity index is 1.68. The second-order valence-corrected chi connectivity index (χ2v) is 11.4. The summed E-state index contributed by atoms with van der Waals surface area (Å²) in [7, 11) is -0.685. The fourth-order valence-electron chi connectivity index (χ4n) is 3.53. The Kier molecular flexibility index (Phi) is 8.04. The van der Waals surface area contributed by atoms with Gasteiger partial charge >= 0.3 is 0 Å². The van der Waals surface area contributed by atoms with Crippen molar-refractivity contribution in [3.05, 3.63) is 53.1 Å². The summed E-state index contributed by atoms with van der Waals surface area (Å²) in [6, 6.07) is 10.2. The third-order valence-corrected chi connectivity index (χ3v) is 8.43. The van der Waals surface area contributed by atoms with Crippen LogP contribution >= 0.6 is 11.8 Å². The predicted octanol–water partition coefficient (Wildman–Crippen LogP) is 2.79. The number of carbonyl (C=O) groups is 2. The van der Waals surface area contributed by atoms with Gasteiger partial charge in [0, 0.05) is 55.6 Å². The van der Waals surface area contributed by atoms with Crippen molar-refractivity contribution < 1.29 is 18.0 Å². The summed E-state index contributed by atoms with van der Waals surface area (Å²) in [5.74, 6) is 1.57. The normalized spacial score (nSPS) is 14.3. The molecule has 3 rings (SSSR count). The average Bonchev–Trinajstić information content (AvgIpc) is 2.79. The molecule has 0 bridgehead atoms. The van der Waals surface area contributed by atoms with Gasteiger partial charge in [-0.3, -0.25) is 9.59 Å². The molecule has 2 aromatic carbocycles. The molecule has 1 fully saturated rings. The Hall–Kier alpha value is -2.56. The van der Waals surface area contributed by atoms with E-state index in [1.54, 1.807) is 25.1 Å². The maximum absolute atomic E-state index is 12.9. The molecule has 8 nitrogen and oxygen atoms in total. The van der Waals surface area contributed by atoms with E-state index >= 15 is 0 Å². The monoisotopic (exact) mass is 490 g/mol. The van der Waals surface area contributed by atoms with Crippen molar-refractivity contribution in [3.8, 4) is 0 Å². The van der Waals surface area contributed by atoms with E-state index < -0.39 is 10.0 Å². The summed E-state index contributed by atoms with van der Waals surface area (Å²) in [6.45, 7) is 5.03. The summed E-state index contributed by atoms with van der Waals surface area (Å²) in [5, 5.41) is 5.83.